The van der Waals surface area contributed by atoms with Crippen LogP contribution in [0.2, 0.25) is 0 Å². The largest absolute Gasteiger partial charge is 0.481 e. The highest BCUT2D eigenvalue weighted by molar-refractivity contribution is 7.11. The van der Waals surface area contributed by atoms with Crippen LogP contribution in [0.25, 0.3) is 0 Å². The predicted molar refractivity (Wildman–Crippen MR) is 80.0 cm³/mol. The quantitative estimate of drug-likeness (QED) is 0.690. The third kappa shape index (κ3) is 6.06. The Morgan fingerprint density at radius 2 is 2.00 bits per heavy atom. The van der Waals surface area contributed by atoms with Gasteiger partial charge >= 0.3 is 12.0 Å². The average Bonchev–Trinajstić information content (AvgIpc) is 2.84. The van der Waals surface area contributed by atoms with E-state index in [0.29, 0.717) is 13.0 Å². The molecule has 112 valence electrons. The molecule has 1 heterocycles. The Morgan fingerprint density at radius 1 is 1.30 bits per heavy atom. The zero-order valence-corrected chi connectivity index (χ0v) is 12.8. The molecular weight excluding hydrogens is 276 g/mol. The van der Waals surface area contributed by atoms with Crippen LogP contribution in [-0.2, 0) is 17.8 Å². The average molecular weight is 298 g/mol. The van der Waals surface area contributed by atoms with Crippen LogP contribution in [0.1, 0.15) is 42.9 Å². The number of aliphatic carboxylic acids is 1. The predicted octanol–water partition coefficient (Wildman–Crippen LogP) is 2.75. The fourth-order valence-corrected chi connectivity index (χ4v) is 2.79. The number of hydrogen-bond donors (Lipinski definition) is 3. The van der Waals surface area contributed by atoms with E-state index in [1.54, 1.807) is 11.3 Å². The minimum Gasteiger partial charge on any atom is -0.481 e. The molecule has 3 N–H and O–H groups in total. The van der Waals surface area contributed by atoms with Crippen molar-refractivity contribution >= 4 is 23.3 Å². The molecule has 1 unspecified atom stereocenters. The number of carbonyl (C=O) groups is 2. The fraction of sp³-hybridized carbons (Fsp3) is 0.571. The number of hydrogen-bond acceptors (Lipinski definition) is 3. The summed E-state index contributed by atoms with van der Waals surface area (Å²) in [4.78, 5) is 24.8. The van der Waals surface area contributed by atoms with Crippen molar-refractivity contribution in [1.29, 1.82) is 0 Å². The van der Waals surface area contributed by atoms with Crippen molar-refractivity contribution in [2.45, 2.75) is 52.1 Å². The van der Waals surface area contributed by atoms with E-state index < -0.39 is 5.97 Å². The summed E-state index contributed by atoms with van der Waals surface area (Å²) < 4.78 is 0. The number of carbonyl (C=O) groups excluding carboxylic acids is 1. The maximum atomic E-state index is 11.7. The zero-order chi connectivity index (χ0) is 15.0. The third-order valence-electron chi connectivity index (χ3n) is 2.88. The monoisotopic (exact) mass is 298 g/mol. The molecule has 0 aliphatic rings. The van der Waals surface area contributed by atoms with Crippen molar-refractivity contribution in [3.8, 4) is 0 Å². The van der Waals surface area contributed by atoms with E-state index in [9.17, 15) is 9.59 Å². The topological polar surface area (TPSA) is 78.4 Å². The first kappa shape index (κ1) is 16.5. The Morgan fingerprint density at radius 3 is 2.55 bits per heavy atom. The number of carboxylic acid groups (broad SMARTS) is 1. The summed E-state index contributed by atoms with van der Waals surface area (Å²) in [7, 11) is 0. The minimum absolute atomic E-state index is 0.0414. The second-order valence-corrected chi connectivity index (χ2v) is 5.88. The van der Waals surface area contributed by atoms with Crippen molar-refractivity contribution in [3.63, 3.8) is 0 Å². The molecule has 0 aromatic carbocycles. The molecule has 20 heavy (non-hydrogen) atoms. The molecule has 0 bridgehead atoms. The lowest BCUT2D eigenvalue weighted by Gasteiger charge is -2.16. The number of thiophene rings is 1. The molecule has 1 rings (SSSR count). The number of amides is 2. The molecule has 0 fully saturated rings. The van der Waals surface area contributed by atoms with Gasteiger partial charge in [0.2, 0.25) is 0 Å². The standard InChI is InChI=1S/C14H22N2O3S/c1-3-5-10(8-13(17)18)16-14(19)15-9-12-7-6-11(4-2)20-12/h6-7,10H,3-5,8-9H2,1-2H3,(H,17,18)(H2,15,16,19). The number of carboxylic acids is 1. The van der Waals surface area contributed by atoms with E-state index >= 15 is 0 Å². The first-order valence-corrected chi connectivity index (χ1v) is 7.70. The second kappa shape index (κ2) is 8.58. The molecular formula is C14H22N2O3S. The summed E-state index contributed by atoms with van der Waals surface area (Å²) in [5.74, 6) is -0.894. The third-order valence-corrected chi connectivity index (χ3v) is 4.11. The Balaban J connectivity index is 2.38. The molecule has 1 aromatic rings. The van der Waals surface area contributed by atoms with Crippen LogP contribution in [0.4, 0.5) is 4.79 Å². The Kier molecular flexibility index (Phi) is 7.08. The van der Waals surface area contributed by atoms with Gasteiger partial charge in [-0.25, -0.2) is 4.79 Å². The normalized spacial score (nSPS) is 11.9. The zero-order valence-electron chi connectivity index (χ0n) is 11.9. The van der Waals surface area contributed by atoms with E-state index in [2.05, 4.69) is 23.6 Å². The van der Waals surface area contributed by atoms with Gasteiger partial charge in [-0.15, -0.1) is 11.3 Å². The molecule has 0 aliphatic heterocycles. The van der Waals surface area contributed by atoms with Gasteiger partial charge < -0.3 is 15.7 Å². The van der Waals surface area contributed by atoms with Gasteiger partial charge in [-0.1, -0.05) is 20.3 Å². The van der Waals surface area contributed by atoms with E-state index in [1.165, 1.54) is 4.88 Å². The molecule has 0 aliphatic carbocycles. The second-order valence-electron chi connectivity index (χ2n) is 4.63. The van der Waals surface area contributed by atoms with Gasteiger partial charge in [0.15, 0.2) is 0 Å². The van der Waals surface area contributed by atoms with Crippen LogP contribution in [0.15, 0.2) is 12.1 Å². The van der Waals surface area contributed by atoms with Gasteiger partial charge in [-0.2, -0.15) is 0 Å². The number of rotatable bonds is 8. The Hall–Kier alpha value is -1.56. The lowest BCUT2D eigenvalue weighted by Crippen LogP contribution is -2.42. The van der Waals surface area contributed by atoms with E-state index in [1.807, 2.05) is 13.0 Å². The summed E-state index contributed by atoms with van der Waals surface area (Å²) in [6, 6.07) is 3.44. The number of nitrogens with one attached hydrogen (secondary N) is 2. The van der Waals surface area contributed by atoms with Crippen molar-refractivity contribution < 1.29 is 14.7 Å². The molecule has 0 saturated carbocycles. The Labute approximate surface area is 123 Å². The first-order valence-electron chi connectivity index (χ1n) is 6.88. The van der Waals surface area contributed by atoms with Gasteiger partial charge in [0, 0.05) is 15.8 Å². The Bertz CT molecular complexity index is 445. The highest BCUT2D eigenvalue weighted by Gasteiger charge is 2.14. The number of urea groups is 1. The van der Waals surface area contributed by atoms with E-state index in [0.717, 1.165) is 17.7 Å². The van der Waals surface area contributed by atoms with Crippen LogP contribution in [-0.4, -0.2) is 23.1 Å². The van der Waals surface area contributed by atoms with Crippen molar-refractivity contribution in [1.82, 2.24) is 10.6 Å². The lowest BCUT2D eigenvalue weighted by molar-refractivity contribution is -0.137. The first-order chi connectivity index (χ1) is 9.55. The van der Waals surface area contributed by atoms with Gasteiger partial charge in [-0.3, -0.25) is 4.79 Å². The van der Waals surface area contributed by atoms with Crippen LogP contribution in [0.5, 0.6) is 0 Å². The molecule has 0 radical (unpaired) electrons. The summed E-state index contributed by atoms with van der Waals surface area (Å²) in [5.41, 5.74) is 0. The fourth-order valence-electron chi connectivity index (χ4n) is 1.90. The van der Waals surface area contributed by atoms with E-state index in [4.69, 9.17) is 5.11 Å². The van der Waals surface area contributed by atoms with Gasteiger partial charge in [0.05, 0.1) is 13.0 Å². The summed E-state index contributed by atoms with van der Waals surface area (Å²) in [5, 5.41) is 14.3. The highest BCUT2D eigenvalue weighted by atomic mass is 32.1. The number of aryl methyl sites for hydroxylation is 1. The van der Waals surface area contributed by atoms with Crippen molar-refractivity contribution in [2.75, 3.05) is 0 Å². The highest BCUT2D eigenvalue weighted by Crippen LogP contribution is 2.16. The van der Waals surface area contributed by atoms with Crippen LogP contribution >= 0.6 is 11.3 Å². The molecule has 0 saturated heterocycles. The minimum atomic E-state index is -0.894. The summed E-state index contributed by atoms with van der Waals surface area (Å²) in [6.45, 7) is 4.53. The molecule has 5 nitrogen and oxygen atoms in total. The van der Waals surface area contributed by atoms with Gasteiger partial charge in [-0.05, 0) is 25.0 Å². The lowest BCUT2D eigenvalue weighted by atomic mass is 10.1. The van der Waals surface area contributed by atoms with E-state index in [-0.39, 0.29) is 18.5 Å². The maximum absolute atomic E-state index is 11.7. The van der Waals surface area contributed by atoms with Crippen molar-refractivity contribution in [3.05, 3.63) is 21.9 Å². The molecule has 1 aromatic heterocycles. The van der Waals surface area contributed by atoms with Gasteiger partial charge in [0.25, 0.3) is 0 Å². The summed E-state index contributed by atoms with van der Waals surface area (Å²) >= 11 is 1.68. The SMILES string of the molecule is CCCC(CC(=O)O)NC(=O)NCc1ccc(CC)s1. The maximum Gasteiger partial charge on any atom is 0.315 e. The van der Waals surface area contributed by atoms with Crippen LogP contribution in [0.3, 0.4) is 0 Å². The molecule has 0 spiro atoms. The molecule has 6 heteroatoms. The smallest absolute Gasteiger partial charge is 0.315 e. The van der Waals surface area contributed by atoms with Gasteiger partial charge in [0.1, 0.15) is 0 Å². The van der Waals surface area contributed by atoms with Crippen molar-refractivity contribution in [2.24, 2.45) is 0 Å². The molecule has 2 amide bonds. The summed E-state index contributed by atoms with van der Waals surface area (Å²) in [6.07, 6.45) is 2.45. The van der Waals surface area contributed by atoms with Crippen LogP contribution in [0, 0.1) is 0 Å². The molecule has 1 atom stereocenters. The van der Waals surface area contributed by atoms with Crippen LogP contribution < -0.4 is 10.6 Å².